The predicted molar refractivity (Wildman–Crippen MR) is 97.5 cm³/mol. The summed E-state index contributed by atoms with van der Waals surface area (Å²) in [5.41, 5.74) is 2.78. The van der Waals surface area contributed by atoms with Crippen molar-refractivity contribution in [1.29, 1.82) is 0 Å². The van der Waals surface area contributed by atoms with Crippen LogP contribution in [0.4, 0.5) is 24.5 Å². The minimum absolute atomic E-state index is 0.203. The molecular weight excluding hydrogens is 393 g/mol. The van der Waals surface area contributed by atoms with E-state index in [9.17, 15) is 32.9 Å². The number of carbonyl (C=O) groups excluding carboxylic acids is 2. The summed E-state index contributed by atoms with van der Waals surface area (Å²) in [7, 11) is 0. The molecule has 11 heteroatoms. The van der Waals surface area contributed by atoms with Crippen molar-refractivity contribution in [3.05, 3.63) is 69.8 Å². The molecule has 2 aromatic rings. The van der Waals surface area contributed by atoms with Gasteiger partial charge in [-0.25, -0.2) is 0 Å². The number of hydrazine groups is 1. The van der Waals surface area contributed by atoms with Crippen molar-refractivity contribution in [2.24, 2.45) is 0 Å². The summed E-state index contributed by atoms with van der Waals surface area (Å²) >= 11 is 0. The number of hydrogen-bond donors (Lipinski definition) is 3. The molecular formula is C18H17F3N4O4. The van der Waals surface area contributed by atoms with E-state index in [-0.39, 0.29) is 18.0 Å². The average Bonchev–Trinajstić information content (AvgIpc) is 2.65. The molecule has 0 saturated heterocycles. The van der Waals surface area contributed by atoms with Crippen LogP contribution in [0.3, 0.4) is 0 Å². The van der Waals surface area contributed by atoms with Crippen LogP contribution < -0.4 is 16.2 Å². The molecule has 2 rings (SSSR count). The lowest BCUT2D eigenvalue weighted by Gasteiger charge is -2.18. The summed E-state index contributed by atoms with van der Waals surface area (Å²) in [6.45, 7) is 1.29. The second kappa shape index (κ2) is 9.04. The van der Waals surface area contributed by atoms with E-state index in [4.69, 9.17) is 0 Å². The van der Waals surface area contributed by atoms with Crippen molar-refractivity contribution in [3.63, 3.8) is 0 Å². The number of nitrogens with zero attached hydrogens (tertiary/aromatic N) is 1. The normalized spacial score (nSPS) is 12.0. The van der Waals surface area contributed by atoms with Gasteiger partial charge in [0.25, 0.3) is 5.69 Å². The molecule has 0 bridgehead atoms. The molecule has 2 aromatic carbocycles. The van der Waals surface area contributed by atoms with Gasteiger partial charge in [0, 0.05) is 13.0 Å². The Kier molecular flexibility index (Phi) is 6.75. The SMILES string of the molecule is CC(=O)NC(CC(=O)NNc1ccc(C(F)(F)F)cc1[N+](=O)[O-])c1ccccc1. The molecule has 3 N–H and O–H groups in total. The van der Waals surface area contributed by atoms with Crippen molar-refractivity contribution in [2.45, 2.75) is 25.6 Å². The van der Waals surface area contributed by atoms with Gasteiger partial charge in [-0.1, -0.05) is 30.3 Å². The zero-order valence-electron chi connectivity index (χ0n) is 15.1. The number of benzene rings is 2. The quantitative estimate of drug-likeness (QED) is 0.479. The van der Waals surface area contributed by atoms with E-state index in [1.54, 1.807) is 30.3 Å². The average molecular weight is 410 g/mol. The minimum Gasteiger partial charge on any atom is -0.349 e. The van der Waals surface area contributed by atoms with Gasteiger partial charge < -0.3 is 5.32 Å². The van der Waals surface area contributed by atoms with Crippen LogP contribution in [0.5, 0.6) is 0 Å². The van der Waals surface area contributed by atoms with Crippen LogP contribution in [0.25, 0.3) is 0 Å². The van der Waals surface area contributed by atoms with Gasteiger partial charge in [0.15, 0.2) is 0 Å². The second-order valence-electron chi connectivity index (χ2n) is 6.03. The first-order valence-corrected chi connectivity index (χ1v) is 8.30. The lowest BCUT2D eigenvalue weighted by Crippen LogP contribution is -2.35. The molecule has 0 aromatic heterocycles. The molecule has 0 saturated carbocycles. The zero-order chi connectivity index (χ0) is 21.6. The number of nitrogens with one attached hydrogen (secondary N) is 3. The number of hydrogen-bond acceptors (Lipinski definition) is 5. The smallest absolute Gasteiger partial charge is 0.349 e. The van der Waals surface area contributed by atoms with E-state index < -0.39 is 34.3 Å². The highest BCUT2D eigenvalue weighted by molar-refractivity contribution is 5.80. The van der Waals surface area contributed by atoms with Crippen LogP contribution in [0.1, 0.15) is 30.5 Å². The maximum absolute atomic E-state index is 12.7. The molecule has 154 valence electrons. The highest BCUT2D eigenvalue weighted by Crippen LogP contribution is 2.34. The monoisotopic (exact) mass is 410 g/mol. The first kappa shape index (κ1) is 21.7. The fourth-order valence-electron chi connectivity index (χ4n) is 2.52. The first-order valence-electron chi connectivity index (χ1n) is 8.30. The van der Waals surface area contributed by atoms with Gasteiger partial charge >= 0.3 is 6.18 Å². The van der Waals surface area contributed by atoms with Gasteiger partial charge in [-0.2, -0.15) is 13.2 Å². The summed E-state index contributed by atoms with van der Waals surface area (Å²) in [4.78, 5) is 33.7. The second-order valence-corrected chi connectivity index (χ2v) is 6.03. The molecule has 0 spiro atoms. The fourth-order valence-corrected chi connectivity index (χ4v) is 2.52. The molecule has 0 aliphatic carbocycles. The Balaban J connectivity index is 2.11. The van der Waals surface area contributed by atoms with Crippen molar-refractivity contribution in [1.82, 2.24) is 10.7 Å². The lowest BCUT2D eigenvalue weighted by atomic mass is 10.0. The Hall–Kier alpha value is -3.63. The van der Waals surface area contributed by atoms with E-state index in [1.165, 1.54) is 6.92 Å². The summed E-state index contributed by atoms with van der Waals surface area (Å²) in [6, 6.07) is 9.87. The van der Waals surface area contributed by atoms with E-state index in [0.717, 1.165) is 6.07 Å². The molecule has 0 aliphatic rings. The van der Waals surface area contributed by atoms with Crippen LogP contribution in [0.15, 0.2) is 48.5 Å². The zero-order valence-corrected chi connectivity index (χ0v) is 15.1. The van der Waals surface area contributed by atoms with Crippen molar-refractivity contribution in [2.75, 3.05) is 5.43 Å². The van der Waals surface area contributed by atoms with E-state index in [1.807, 2.05) is 0 Å². The molecule has 1 unspecified atom stereocenters. The Morgan fingerprint density at radius 1 is 1.14 bits per heavy atom. The van der Waals surface area contributed by atoms with Crippen LogP contribution in [0, 0.1) is 10.1 Å². The molecule has 0 fully saturated rings. The number of amides is 2. The standard InChI is InChI=1S/C18H17F3N4O4/c1-11(26)22-15(12-5-3-2-4-6-12)10-17(27)24-23-14-8-7-13(18(19,20)21)9-16(14)25(28)29/h2-9,15,23H,10H2,1H3,(H,22,26)(H,24,27). The van der Waals surface area contributed by atoms with Crippen LogP contribution >= 0.6 is 0 Å². The predicted octanol–water partition coefficient (Wildman–Crippen LogP) is 3.32. The van der Waals surface area contributed by atoms with E-state index >= 15 is 0 Å². The third-order valence-corrected chi connectivity index (χ3v) is 3.83. The van der Waals surface area contributed by atoms with Crippen LogP contribution in [-0.4, -0.2) is 16.7 Å². The Labute approximate surface area is 163 Å². The lowest BCUT2D eigenvalue weighted by molar-refractivity contribution is -0.384. The van der Waals surface area contributed by atoms with Crippen molar-refractivity contribution < 1.29 is 27.7 Å². The number of rotatable bonds is 7. The van der Waals surface area contributed by atoms with Crippen LogP contribution in [0.2, 0.25) is 0 Å². The van der Waals surface area contributed by atoms with Gasteiger partial charge in [0.2, 0.25) is 11.8 Å². The summed E-state index contributed by atoms with van der Waals surface area (Å²) in [5.74, 6) is -1.00. The minimum atomic E-state index is -4.74. The molecule has 2 amide bonds. The van der Waals surface area contributed by atoms with Gasteiger partial charge in [0.05, 0.1) is 22.9 Å². The number of anilines is 1. The highest BCUT2D eigenvalue weighted by Gasteiger charge is 2.33. The summed E-state index contributed by atoms with van der Waals surface area (Å²) in [5, 5.41) is 13.7. The van der Waals surface area contributed by atoms with Gasteiger partial charge in [-0.05, 0) is 17.7 Å². The van der Waals surface area contributed by atoms with Crippen molar-refractivity contribution in [3.8, 4) is 0 Å². The number of halogens is 3. The van der Waals surface area contributed by atoms with E-state index in [0.29, 0.717) is 17.7 Å². The van der Waals surface area contributed by atoms with Crippen LogP contribution in [-0.2, 0) is 15.8 Å². The summed E-state index contributed by atoms with van der Waals surface area (Å²) in [6.07, 6.45) is -4.95. The third kappa shape index (κ3) is 6.19. The maximum atomic E-state index is 12.7. The highest BCUT2D eigenvalue weighted by atomic mass is 19.4. The number of carbonyl (C=O) groups is 2. The summed E-state index contributed by atoms with van der Waals surface area (Å²) < 4.78 is 38.2. The Bertz CT molecular complexity index is 904. The number of nitro benzene ring substituents is 1. The van der Waals surface area contributed by atoms with Gasteiger partial charge in [-0.3, -0.25) is 30.6 Å². The molecule has 8 nitrogen and oxygen atoms in total. The first-order chi connectivity index (χ1) is 13.6. The third-order valence-electron chi connectivity index (χ3n) is 3.83. The molecule has 0 radical (unpaired) electrons. The van der Waals surface area contributed by atoms with E-state index in [2.05, 4.69) is 16.2 Å². The fraction of sp³-hybridized carbons (Fsp3) is 0.222. The molecule has 0 aliphatic heterocycles. The topological polar surface area (TPSA) is 113 Å². The van der Waals surface area contributed by atoms with Crippen molar-refractivity contribution >= 4 is 23.2 Å². The molecule has 0 heterocycles. The molecule has 29 heavy (non-hydrogen) atoms. The number of alkyl halides is 3. The Morgan fingerprint density at radius 3 is 2.34 bits per heavy atom. The Morgan fingerprint density at radius 2 is 1.79 bits per heavy atom. The largest absolute Gasteiger partial charge is 0.416 e. The maximum Gasteiger partial charge on any atom is 0.416 e. The van der Waals surface area contributed by atoms with Gasteiger partial charge in [-0.15, -0.1) is 0 Å². The number of nitro groups is 1. The van der Waals surface area contributed by atoms with Gasteiger partial charge in [0.1, 0.15) is 5.69 Å². The molecule has 1 atom stereocenters.